The van der Waals surface area contributed by atoms with Crippen LogP contribution in [0, 0.1) is 5.41 Å². The quantitative estimate of drug-likeness (QED) is 0.393. The van der Waals surface area contributed by atoms with E-state index in [1.165, 1.54) is 16.7 Å². The van der Waals surface area contributed by atoms with Crippen molar-refractivity contribution in [1.29, 1.82) is 0 Å². The van der Waals surface area contributed by atoms with E-state index in [0.29, 0.717) is 26.2 Å². The van der Waals surface area contributed by atoms with Gasteiger partial charge in [0, 0.05) is 43.5 Å². The van der Waals surface area contributed by atoms with Crippen LogP contribution in [0.4, 0.5) is 5.69 Å². The molecule has 9 heteroatoms. The van der Waals surface area contributed by atoms with Gasteiger partial charge in [0.15, 0.2) is 0 Å². The van der Waals surface area contributed by atoms with Crippen molar-refractivity contribution in [2.24, 2.45) is 5.41 Å². The number of hydrogen-bond donors (Lipinski definition) is 0. The van der Waals surface area contributed by atoms with Crippen LogP contribution in [0.15, 0.2) is 69.0 Å². The predicted octanol–water partition coefficient (Wildman–Crippen LogP) is 5.33. The number of anilines is 1. The number of allylic oxidation sites excluding steroid dienone is 3. The number of carbonyl (C=O) groups is 1. The fraction of sp³-hybridized carbons (Fsp3) is 0.516. The fourth-order valence-corrected chi connectivity index (χ4v) is 7.52. The van der Waals surface area contributed by atoms with Crippen LogP contribution in [0.2, 0.25) is 0 Å². The zero-order valence-corrected chi connectivity index (χ0v) is 25.2. The van der Waals surface area contributed by atoms with Crippen LogP contribution in [-0.2, 0) is 4.79 Å². The molecule has 1 aromatic carbocycles. The molecule has 0 unspecified atom stereocenters. The van der Waals surface area contributed by atoms with Crippen molar-refractivity contribution in [3.8, 4) is 5.69 Å². The van der Waals surface area contributed by atoms with Gasteiger partial charge in [0.1, 0.15) is 0 Å². The Hall–Kier alpha value is -2.55. The highest BCUT2D eigenvalue weighted by molar-refractivity contribution is 7.99. The summed E-state index contributed by atoms with van der Waals surface area (Å²) in [4.78, 5) is 35.0. The first-order chi connectivity index (χ1) is 19.4. The van der Waals surface area contributed by atoms with Crippen molar-refractivity contribution in [3.63, 3.8) is 0 Å². The number of aromatic nitrogens is 2. The molecule has 1 amide bonds. The summed E-state index contributed by atoms with van der Waals surface area (Å²) >= 11 is 7.86. The van der Waals surface area contributed by atoms with E-state index in [2.05, 4.69) is 25.9 Å². The number of piperazine rings is 1. The van der Waals surface area contributed by atoms with E-state index in [4.69, 9.17) is 11.6 Å². The first-order valence-corrected chi connectivity index (χ1v) is 15.8. The molecular formula is C31H40ClN5O2S. The minimum Gasteiger partial charge on any atom is -0.366 e. The summed E-state index contributed by atoms with van der Waals surface area (Å²) in [6.45, 7) is 3.54. The largest absolute Gasteiger partial charge is 0.366 e. The van der Waals surface area contributed by atoms with Crippen molar-refractivity contribution in [3.05, 3.63) is 69.6 Å². The fourth-order valence-electron chi connectivity index (χ4n) is 6.16. The van der Waals surface area contributed by atoms with Gasteiger partial charge in [-0.05, 0) is 58.0 Å². The molecule has 0 radical (unpaired) electrons. The summed E-state index contributed by atoms with van der Waals surface area (Å²) in [6.07, 6.45) is 12.9. The number of hydrogen-bond acceptors (Lipinski definition) is 6. The van der Waals surface area contributed by atoms with Crippen LogP contribution in [0.25, 0.3) is 5.69 Å². The van der Waals surface area contributed by atoms with Crippen LogP contribution >= 0.6 is 23.4 Å². The molecule has 0 atom stereocenters. The Labute approximate surface area is 246 Å². The molecule has 0 bridgehead atoms. The summed E-state index contributed by atoms with van der Waals surface area (Å²) < 4.78 is 1.49. The Balaban J connectivity index is 1.36. The molecule has 5 rings (SSSR count). The first kappa shape index (κ1) is 29.0. The second-order valence-electron chi connectivity index (χ2n) is 11.3. The number of para-hydroxylation sites is 1. The molecule has 2 heterocycles. The first-order valence-electron chi connectivity index (χ1n) is 14.4. The smallest absolute Gasteiger partial charge is 0.287 e. The third kappa shape index (κ3) is 6.19. The van der Waals surface area contributed by atoms with E-state index < -0.39 is 0 Å². The van der Waals surface area contributed by atoms with E-state index in [9.17, 15) is 9.59 Å². The van der Waals surface area contributed by atoms with Gasteiger partial charge in [0.05, 0.1) is 27.9 Å². The van der Waals surface area contributed by atoms with E-state index in [1.54, 1.807) is 11.8 Å². The van der Waals surface area contributed by atoms with Crippen LogP contribution in [0.3, 0.4) is 0 Å². The molecule has 3 aliphatic rings. The van der Waals surface area contributed by atoms with Gasteiger partial charge >= 0.3 is 0 Å². The summed E-state index contributed by atoms with van der Waals surface area (Å²) in [6, 6.07) is 9.57. The van der Waals surface area contributed by atoms with Gasteiger partial charge in [-0.1, -0.05) is 60.7 Å². The molecular weight excluding hydrogens is 542 g/mol. The Morgan fingerprint density at radius 1 is 1.02 bits per heavy atom. The SMILES string of the molecule is CN(C)CCSc1c(N2CCN(C(=O)C3(C4=CC=C(Cl)CC4)CCCCC3)CC2)cnn(-c2ccccc2)c1=O. The van der Waals surface area contributed by atoms with Crippen LogP contribution in [0.1, 0.15) is 44.9 Å². The van der Waals surface area contributed by atoms with Crippen molar-refractivity contribution in [1.82, 2.24) is 19.6 Å². The number of thioether (sulfide) groups is 1. The Morgan fingerprint density at radius 2 is 1.75 bits per heavy atom. The molecule has 7 nitrogen and oxygen atoms in total. The molecule has 2 aliphatic carbocycles. The second-order valence-corrected chi connectivity index (χ2v) is 12.9. The Kier molecular flexibility index (Phi) is 9.38. The van der Waals surface area contributed by atoms with Gasteiger partial charge < -0.3 is 14.7 Å². The highest BCUT2D eigenvalue weighted by Crippen LogP contribution is 2.47. The number of rotatable bonds is 8. The minimum atomic E-state index is -0.389. The van der Waals surface area contributed by atoms with Crippen LogP contribution in [0.5, 0.6) is 0 Å². The molecule has 214 valence electrons. The normalized spacial score (nSPS) is 19.4. The molecule has 0 spiro atoms. The zero-order valence-electron chi connectivity index (χ0n) is 23.6. The standard InChI is InChI=1S/C31H40ClN5O2S/c1-34(2)21-22-40-28-27(23-33-37(29(28)38)26-9-5-3-6-10-26)35-17-19-36(20-18-35)30(39)31(15-7-4-8-16-31)24-11-13-25(32)14-12-24/h3,5-6,9-11,13,23H,4,7-8,12,14-22H2,1-2H3. The van der Waals surface area contributed by atoms with Crippen molar-refractivity contribution >= 4 is 35.0 Å². The number of amides is 1. The van der Waals surface area contributed by atoms with Gasteiger partial charge in [0.25, 0.3) is 5.56 Å². The van der Waals surface area contributed by atoms with Crippen LogP contribution in [-0.4, -0.2) is 78.1 Å². The Bertz CT molecular complexity index is 1310. The van der Waals surface area contributed by atoms with Crippen molar-refractivity contribution in [2.45, 2.75) is 49.8 Å². The molecule has 1 saturated heterocycles. The number of benzene rings is 1. The zero-order chi connectivity index (χ0) is 28.1. The lowest BCUT2D eigenvalue weighted by atomic mass is 9.66. The van der Waals surface area contributed by atoms with Crippen molar-refractivity contribution in [2.75, 3.05) is 57.5 Å². The molecule has 2 fully saturated rings. The topological polar surface area (TPSA) is 61.7 Å². The summed E-state index contributed by atoms with van der Waals surface area (Å²) in [5.41, 5.74) is 2.41. The predicted molar refractivity (Wildman–Crippen MR) is 165 cm³/mol. The third-order valence-electron chi connectivity index (χ3n) is 8.44. The van der Waals surface area contributed by atoms with Crippen LogP contribution < -0.4 is 10.5 Å². The van der Waals surface area contributed by atoms with Gasteiger partial charge in [-0.2, -0.15) is 9.78 Å². The molecule has 2 aromatic rings. The molecule has 40 heavy (non-hydrogen) atoms. The second kappa shape index (κ2) is 13.0. The lowest BCUT2D eigenvalue weighted by Gasteiger charge is -2.45. The van der Waals surface area contributed by atoms with Gasteiger partial charge in [-0.25, -0.2) is 0 Å². The van der Waals surface area contributed by atoms with E-state index in [1.807, 2.05) is 56.7 Å². The summed E-state index contributed by atoms with van der Waals surface area (Å²) in [5, 5.41) is 5.44. The maximum atomic E-state index is 14.2. The molecule has 1 aromatic heterocycles. The number of carbonyl (C=O) groups excluding carboxylic acids is 1. The van der Waals surface area contributed by atoms with Crippen molar-refractivity contribution < 1.29 is 4.79 Å². The van der Waals surface area contributed by atoms with E-state index in [0.717, 1.165) is 72.1 Å². The minimum absolute atomic E-state index is 0.0944. The maximum Gasteiger partial charge on any atom is 0.287 e. The average Bonchev–Trinajstić information content (AvgIpc) is 2.98. The summed E-state index contributed by atoms with van der Waals surface area (Å²) in [7, 11) is 4.08. The van der Waals surface area contributed by atoms with Gasteiger partial charge in [-0.3, -0.25) is 9.59 Å². The molecule has 1 saturated carbocycles. The summed E-state index contributed by atoms with van der Waals surface area (Å²) in [5.74, 6) is 1.09. The van der Waals surface area contributed by atoms with E-state index in [-0.39, 0.29) is 16.9 Å². The highest BCUT2D eigenvalue weighted by Gasteiger charge is 2.45. The third-order valence-corrected chi connectivity index (χ3v) is 9.81. The molecule has 0 N–H and O–H groups in total. The van der Waals surface area contributed by atoms with E-state index >= 15 is 0 Å². The van der Waals surface area contributed by atoms with Gasteiger partial charge in [0.2, 0.25) is 5.91 Å². The van der Waals surface area contributed by atoms with Gasteiger partial charge in [-0.15, -0.1) is 11.8 Å². The Morgan fingerprint density at radius 3 is 2.40 bits per heavy atom. The maximum absolute atomic E-state index is 14.2. The lowest BCUT2D eigenvalue weighted by Crippen LogP contribution is -2.54. The average molecular weight is 582 g/mol. The number of halogens is 1. The lowest BCUT2D eigenvalue weighted by molar-refractivity contribution is -0.142. The monoisotopic (exact) mass is 581 g/mol. The highest BCUT2D eigenvalue weighted by atomic mass is 35.5. The molecule has 1 aliphatic heterocycles. The number of nitrogens with zero attached hydrogens (tertiary/aromatic N) is 5.